The predicted octanol–water partition coefficient (Wildman–Crippen LogP) is 1.08. The summed E-state index contributed by atoms with van der Waals surface area (Å²) >= 11 is 0. The third-order valence-corrected chi connectivity index (χ3v) is 4.53. The molecule has 3 aromatic rings. The molecule has 0 radical (unpaired) electrons. The van der Waals surface area contributed by atoms with Crippen LogP contribution in [0.2, 0.25) is 0 Å². The number of benzene rings is 1. The maximum absolute atomic E-state index is 12.1. The van der Waals surface area contributed by atoms with E-state index < -0.39 is 0 Å². The first-order chi connectivity index (χ1) is 12.3. The number of aromatic amines is 1. The van der Waals surface area contributed by atoms with Crippen LogP contribution in [0, 0.1) is 0 Å². The van der Waals surface area contributed by atoms with E-state index in [1.54, 1.807) is 18.5 Å². The number of aromatic nitrogens is 4. The molecule has 1 saturated heterocycles. The summed E-state index contributed by atoms with van der Waals surface area (Å²) in [4.78, 5) is 32.8. The first-order valence-electron chi connectivity index (χ1n) is 8.52. The third kappa shape index (κ3) is 3.51. The molecule has 0 bridgehead atoms. The minimum Gasteiger partial charge on any atom is -0.338 e. The van der Waals surface area contributed by atoms with Crippen LogP contribution in [0.25, 0.3) is 10.9 Å². The Morgan fingerprint density at radius 1 is 1.00 bits per heavy atom. The number of fused-ring (bicyclic) bond motifs is 1. The van der Waals surface area contributed by atoms with Gasteiger partial charge in [-0.3, -0.25) is 9.69 Å². The van der Waals surface area contributed by atoms with Gasteiger partial charge in [-0.1, -0.05) is 12.1 Å². The Morgan fingerprint density at radius 3 is 2.56 bits per heavy atom. The zero-order valence-electron chi connectivity index (χ0n) is 13.9. The molecule has 7 nitrogen and oxygen atoms in total. The lowest BCUT2D eigenvalue weighted by molar-refractivity contribution is 0.258. The molecule has 1 aliphatic rings. The van der Waals surface area contributed by atoms with Gasteiger partial charge < -0.3 is 9.88 Å². The molecule has 1 aliphatic heterocycles. The third-order valence-electron chi connectivity index (χ3n) is 4.53. The van der Waals surface area contributed by atoms with Gasteiger partial charge in [0.1, 0.15) is 5.82 Å². The van der Waals surface area contributed by atoms with Crippen LogP contribution in [0.1, 0.15) is 5.82 Å². The summed E-state index contributed by atoms with van der Waals surface area (Å²) in [5.41, 5.74) is 0.693. The number of H-pyrrole nitrogens is 1. The Bertz CT molecular complexity index is 902. The lowest BCUT2D eigenvalue weighted by atomic mass is 10.2. The van der Waals surface area contributed by atoms with Crippen molar-refractivity contribution in [2.24, 2.45) is 0 Å². The number of para-hydroxylation sites is 1. The van der Waals surface area contributed by atoms with Gasteiger partial charge in [0.05, 0.1) is 10.9 Å². The lowest BCUT2D eigenvalue weighted by Gasteiger charge is -2.34. The Hall–Kier alpha value is -2.80. The predicted molar refractivity (Wildman–Crippen MR) is 96.8 cm³/mol. The maximum atomic E-state index is 12.1. The van der Waals surface area contributed by atoms with Gasteiger partial charge in [-0.25, -0.2) is 15.0 Å². The van der Waals surface area contributed by atoms with Gasteiger partial charge in [-0.2, -0.15) is 0 Å². The monoisotopic (exact) mass is 336 g/mol. The molecule has 0 spiro atoms. The smallest absolute Gasteiger partial charge is 0.258 e. The van der Waals surface area contributed by atoms with Crippen LogP contribution in [-0.4, -0.2) is 57.6 Å². The van der Waals surface area contributed by atoms with Gasteiger partial charge in [0, 0.05) is 51.5 Å². The van der Waals surface area contributed by atoms with Crippen LogP contribution in [0.3, 0.4) is 0 Å². The second-order valence-electron chi connectivity index (χ2n) is 6.16. The zero-order chi connectivity index (χ0) is 17.1. The highest BCUT2D eigenvalue weighted by Gasteiger charge is 2.18. The van der Waals surface area contributed by atoms with Crippen LogP contribution in [-0.2, 0) is 6.42 Å². The van der Waals surface area contributed by atoms with E-state index in [1.807, 2.05) is 24.3 Å². The average molecular weight is 336 g/mol. The second kappa shape index (κ2) is 6.98. The molecule has 0 amide bonds. The number of nitrogens with zero attached hydrogens (tertiary/aromatic N) is 5. The van der Waals surface area contributed by atoms with Crippen molar-refractivity contribution < 1.29 is 0 Å². The molecule has 0 unspecified atom stereocenters. The molecule has 0 saturated carbocycles. The van der Waals surface area contributed by atoms with E-state index in [0.717, 1.165) is 56.4 Å². The number of hydrogen-bond acceptors (Lipinski definition) is 6. The van der Waals surface area contributed by atoms with Gasteiger partial charge >= 0.3 is 0 Å². The quantitative estimate of drug-likeness (QED) is 0.768. The topological polar surface area (TPSA) is 78.0 Å². The van der Waals surface area contributed by atoms with Crippen molar-refractivity contribution in [3.63, 3.8) is 0 Å². The molecule has 1 aromatic carbocycles. The molecule has 7 heteroatoms. The standard InChI is InChI=1S/C18H20N6O/c25-17-14-4-1-2-5-15(14)21-16(22-17)6-9-23-10-12-24(13-11-23)18-19-7-3-8-20-18/h1-5,7-8H,6,9-13H2,(H,21,22,25). The molecule has 3 heterocycles. The minimum atomic E-state index is -0.0633. The molecule has 1 N–H and O–H groups in total. The van der Waals surface area contributed by atoms with Crippen molar-refractivity contribution >= 4 is 16.9 Å². The highest BCUT2D eigenvalue weighted by Crippen LogP contribution is 2.10. The van der Waals surface area contributed by atoms with Gasteiger partial charge in [0.2, 0.25) is 5.95 Å². The summed E-state index contributed by atoms with van der Waals surface area (Å²) in [6.45, 7) is 4.61. The van der Waals surface area contributed by atoms with Gasteiger partial charge in [-0.15, -0.1) is 0 Å². The maximum Gasteiger partial charge on any atom is 0.258 e. The van der Waals surface area contributed by atoms with Crippen molar-refractivity contribution in [1.29, 1.82) is 0 Å². The molecule has 4 rings (SSSR count). The SMILES string of the molecule is O=c1[nH]c(CCN2CCN(c3ncccn3)CC2)nc2ccccc12. The Kier molecular flexibility index (Phi) is 4.39. The Morgan fingerprint density at radius 2 is 1.76 bits per heavy atom. The summed E-state index contributed by atoms with van der Waals surface area (Å²) in [7, 11) is 0. The van der Waals surface area contributed by atoms with Gasteiger partial charge in [0.25, 0.3) is 5.56 Å². The highest BCUT2D eigenvalue weighted by molar-refractivity contribution is 5.77. The summed E-state index contributed by atoms with van der Waals surface area (Å²) in [6.07, 6.45) is 4.29. The molecule has 2 aromatic heterocycles. The van der Waals surface area contributed by atoms with E-state index in [4.69, 9.17) is 0 Å². The fraction of sp³-hybridized carbons (Fsp3) is 0.333. The largest absolute Gasteiger partial charge is 0.338 e. The number of piperazine rings is 1. The van der Waals surface area contributed by atoms with Gasteiger partial charge in [0.15, 0.2) is 0 Å². The van der Waals surface area contributed by atoms with Crippen molar-refractivity contribution in [1.82, 2.24) is 24.8 Å². The molecular weight excluding hydrogens is 316 g/mol. The first kappa shape index (κ1) is 15.7. The Balaban J connectivity index is 1.36. The summed E-state index contributed by atoms with van der Waals surface area (Å²) < 4.78 is 0. The molecule has 25 heavy (non-hydrogen) atoms. The van der Waals surface area contributed by atoms with Crippen LogP contribution >= 0.6 is 0 Å². The Labute approximate surface area is 145 Å². The zero-order valence-corrected chi connectivity index (χ0v) is 13.9. The van der Waals surface area contributed by atoms with Crippen LogP contribution < -0.4 is 10.5 Å². The van der Waals surface area contributed by atoms with E-state index in [0.29, 0.717) is 5.39 Å². The van der Waals surface area contributed by atoms with E-state index in [9.17, 15) is 4.79 Å². The van der Waals surface area contributed by atoms with Crippen LogP contribution in [0.15, 0.2) is 47.5 Å². The number of hydrogen-bond donors (Lipinski definition) is 1. The van der Waals surface area contributed by atoms with Crippen molar-refractivity contribution in [2.45, 2.75) is 6.42 Å². The van der Waals surface area contributed by atoms with Gasteiger partial charge in [-0.05, 0) is 18.2 Å². The minimum absolute atomic E-state index is 0.0633. The molecular formula is C18H20N6O. The second-order valence-corrected chi connectivity index (χ2v) is 6.16. The first-order valence-corrected chi connectivity index (χ1v) is 8.52. The summed E-state index contributed by atoms with van der Waals surface area (Å²) in [5.74, 6) is 1.54. The van der Waals surface area contributed by atoms with Crippen molar-refractivity contribution in [3.8, 4) is 0 Å². The molecule has 128 valence electrons. The molecule has 0 aliphatic carbocycles. The average Bonchev–Trinajstić information content (AvgIpc) is 2.68. The van der Waals surface area contributed by atoms with Crippen LogP contribution in [0.4, 0.5) is 5.95 Å². The number of rotatable bonds is 4. The molecule has 0 atom stereocenters. The summed E-state index contributed by atoms with van der Waals surface area (Å²) in [5, 5.41) is 0.641. The van der Waals surface area contributed by atoms with E-state index in [-0.39, 0.29) is 5.56 Å². The lowest BCUT2D eigenvalue weighted by Crippen LogP contribution is -2.47. The fourth-order valence-corrected chi connectivity index (χ4v) is 3.14. The molecule has 1 fully saturated rings. The number of anilines is 1. The van der Waals surface area contributed by atoms with Crippen molar-refractivity contribution in [3.05, 3.63) is 58.9 Å². The summed E-state index contributed by atoms with van der Waals surface area (Å²) in [6, 6.07) is 9.28. The van der Waals surface area contributed by atoms with Crippen molar-refractivity contribution in [2.75, 3.05) is 37.6 Å². The van der Waals surface area contributed by atoms with E-state index >= 15 is 0 Å². The van der Waals surface area contributed by atoms with E-state index in [2.05, 4.69) is 29.7 Å². The number of nitrogens with one attached hydrogen (secondary N) is 1. The fourth-order valence-electron chi connectivity index (χ4n) is 3.14. The normalized spacial score (nSPS) is 15.6. The van der Waals surface area contributed by atoms with Crippen LogP contribution in [0.5, 0.6) is 0 Å². The van der Waals surface area contributed by atoms with E-state index in [1.165, 1.54) is 0 Å². The highest BCUT2D eigenvalue weighted by atomic mass is 16.1.